The van der Waals surface area contributed by atoms with Crippen LogP contribution in [0.3, 0.4) is 0 Å². The summed E-state index contributed by atoms with van der Waals surface area (Å²) in [4.78, 5) is 0. The number of rotatable bonds is 5. The monoisotopic (exact) mass is 263 g/mol. The molecule has 3 nitrogen and oxygen atoms in total. The van der Waals surface area contributed by atoms with Crippen LogP contribution in [0.4, 0.5) is 0 Å². The molecule has 0 spiro atoms. The average molecular weight is 263 g/mol. The van der Waals surface area contributed by atoms with E-state index in [2.05, 4.69) is 36.8 Å². The summed E-state index contributed by atoms with van der Waals surface area (Å²) in [7, 11) is 0. The van der Waals surface area contributed by atoms with Gasteiger partial charge < -0.3 is 5.32 Å². The van der Waals surface area contributed by atoms with Crippen molar-refractivity contribution in [3.63, 3.8) is 0 Å². The van der Waals surface area contributed by atoms with E-state index in [1.54, 1.807) is 0 Å². The molecule has 3 heteroatoms. The normalized spacial score (nSPS) is 24.4. The first-order valence-electron chi connectivity index (χ1n) is 8.10. The van der Waals surface area contributed by atoms with Crippen molar-refractivity contribution in [3.05, 3.63) is 17.5 Å². The second-order valence-electron chi connectivity index (χ2n) is 5.65. The lowest BCUT2D eigenvalue weighted by atomic mass is 10.0. The van der Waals surface area contributed by atoms with Crippen LogP contribution in [-0.4, -0.2) is 22.4 Å². The predicted molar refractivity (Wildman–Crippen MR) is 80.6 cm³/mol. The molecule has 19 heavy (non-hydrogen) atoms. The lowest BCUT2D eigenvalue weighted by Gasteiger charge is -2.27. The molecule has 108 valence electrons. The van der Waals surface area contributed by atoms with Gasteiger partial charge in [-0.1, -0.05) is 40.0 Å². The minimum atomic E-state index is 0.553. The van der Waals surface area contributed by atoms with E-state index in [0.717, 1.165) is 19.4 Å². The van der Waals surface area contributed by atoms with E-state index in [1.807, 2.05) is 0 Å². The van der Waals surface area contributed by atoms with Gasteiger partial charge in [-0.2, -0.15) is 5.10 Å². The van der Waals surface area contributed by atoms with Gasteiger partial charge in [0, 0.05) is 11.7 Å². The fourth-order valence-electron chi connectivity index (χ4n) is 3.30. The van der Waals surface area contributed by atoms with E-state index in [1.165, 1.54) is 43.5 Å². The van der Waals surface area contributed by atoms with Crippen molar-refractivity contribution in [1.82, 2.24) is 15.1 Å². The van der Waals surface area contributed by atoms with Crippen LogP contribution in [0.5, 0.6) is 0 Å². The van der Waals surface area contributed by atoms with Crippen LogP contribution in [0.2, 0.25) is 0 Å². The largest absolute Gasteiger partial charge is 0.312 e. The van der Waals surface area contributed by atoms with Crippen LogP contribution in [0.15, 0.2) is 6.07 Å². The minimum absolute atomic E-state index is 0.553. The van der Waals surface area contributed by atoms with Crippen molar-refractivity contribution in [3.8, 4) is 0 Å². The Hall–Kier alpha value is -0.830. The molecule has 1 aromatic rings. The van der Waals surface area contributed by atoms with Gasteiger partial charge in [0.25, 0.3) is 0 Å². The molecule has 1 saturated carbocycles. The molecular weight excluding hydrogens is 234 g/mol. The topological polar surface area (TPSA) is 29.9 Å². The highest BCUT2D eigenvalue weighted by Crippen LogP contribution is 2.29. The Balaban J connectivity index is 2.26. The number of nitrogens with one attached hydrogen (secondary N) is 1. The van der Waals surface area contributed by atoms with Crippen LogP contribution in [0.1, 0.15) is 70.3 Å². The second kappa shape index (κ2) is 7.09. The third-order valence-corrected chi connectivity index (χ3v) is 4.35. The van der Waals surface area contributed by atoms with E-state index in [-0.39, 0.29) is 0 Å². The zero-order valence-electron chi connectivity index (χ0n) is 12.8. The summed E-state index contributed by atoms with van der Waals surface area (Å²) in [5, 5.41) is 8.56. The van der Waals surface area contributed by atoms with Gasteiger partial charge in [-0.15, -0.1) is 0 Å². The van der Waals surface area contributed by atoms with Gasteiger partial charge in [0.05, 0.1) is 11.7 Å². The minimum Gasteiger partial charge on any atom is -0.312 e. The number of nitrogens with zero attached hydrogens (tertiary/aromatic N) is 2. The van der Waals surface area contributed by atoms with Gasteiger partial charge in [0.2, 0.25) is 0 Å². The van der Waals surface area contributed by atoms with Gasteiger partial charge in [0.1, 0.15) is 0 Å². The zero-order chi connectivity index (χ0) is 13.7. The summed E-state index contributed by atoms with van der Waals surface area (Å²) in [5.41, 5.74) is 2.66. The molecule has 1 heterocycles. The Kier molecular flexibility index (Phi) is 5.44. The molecule has 1 fully saturated rings. The van der Waals surface area contributed by atoms with E-state index in [9.17, 15) is 0 Å². The van der Waals surface area contributed by atoms with Gasteiger partial charge >= 0.3 is 0 Å². The van der Waals surface area contributed by atoms with Gasteiger partial charge in [0.15, 0.2) is 0 Å². The number of aromatic nitrogens is 2. The Morgan fingerprint density at radius 1 is 1.16 bits per heavy atom. The lowest BCUT2D eigenvalue weighted by molar-refractivity contribution is 0.306. The highest BCUT2D eigenvalue weighted by molar-refractivity contribution is 5.12. The lowest BCUT2D eigenvalue weighted by Crippen LogP contribution is -2.37. The summed E-state index contributed by atoms with van der Waals surface area (Å²) in [6.45, 7) is 7.71. The molecule has 1 aromatic heterocycles. The fourth-order valence-corrected chi connectivity index (χ4v) is 3.30. The quantitative estimate of drug-likeness (QED) is 0.824. The standard InChI is InChI=1S/C16H29N3/c1-4-13-12-14(5-2)19(18-13)16-11-9-7-8-10-15(16)17-6-3/h12,15-17H,4-11H2,1-3H3. The predicted octanol–water partition coefficient (Wildman–Crippen LogP) is 3.49. The molecule has 1 N–H and O–H groups in total. The molecule has 1 aliphatic rings. The SMILES string of the molecule is CCNC1CCCCCC1n1nc(CC)cc1CC. The number of aryl methyl sites for hydroxylation is 2. The molecule has 0 saturated heterocycles. The fraction of sp³-hybridized carbons (Fsp3) is 0.812. The Morgan fingerprint density at radius 2 is 1.95 bits per heavy atom. The average Bonchev–Trinajstić information content (AvgIpc) is 2.72. The third-order valence-electron chi connectivity index (χ3n) is 4.35. The van der Waals surface area contributed by atoms with Crippen LogP contribution >= 0.6 is 0 Å². The van der Waals surface area contributed by atoms with Crippen molar-refractivity contribution in [1.29, 1.82) is 0 Å². The number of likely N-dealkylation sites (N-methyl/N-ethyl adjacent to an activating group) is 1. The van der Waals surface area contributed by atoms with E-state index in [0.29, 0.717) is 12.1 Å². The van der Waals surface area contributed by atoms with Crippen molar-refractivity contribution >= 4 is 0 Å². The Morgan fingerprint density at radius 3 is 2.63 bits per heavy atom. The Bertz CT molecular complexity index is 383. The van der Waals surface area contributed by atoms with E-state index in [4.69, 9.17) is 5.10 Å². The van der Waals surface area contributed by atoms with Crippen molar-refractivity contribution in [2.45, 2.75) is 77.8 Å². The molecule has 2 atom stereocenters. The second-order valence-corrected chi connectivity index (χ2v) is 5.65. The molecular formula is C16H29N3. The molecule has 2 unspecified atom stereocenters. The maximum absolute atomic E-state index is 4.87. The summed E-state index contributed by atoms with van der Waals surface area (Å²) in [6, 6.07) is 3.45. The molecule has 0 bridgehead atoms. The maximum Gasteiger partial charge on any atom is 0.0675 e. The smallest absolute Gasteiger partial charge is 0.0675 e. The summed E-state index contributed by atoms with van der Waals surface area (Å²) < 4.78 is 2.34. The molecule has 1 aliphatic carbocycles. The first kappa shape index (κ1) is 14.6. The maximum atomic E-state index is 4.87. The molecule has 0 radical (unpaired) electrons. The summed E-state index contributed by atoms with van der Waals surface area (Å²) >= 11 is 0. The first-order chi connectivity index (χ1) is 9.30. The summed E-state index contributed by atoms with van der Waals surface area (Å²) in [5.74, 6) is 0. The molecule has 0 aliphatic heterocycles. The van der Waals surface area contributed by atoms with Crippen molar-refractivity contribution in [2.75, 3.05) is 6.54 Å². The zero-order valence-corrected chi connectivity index (χ0v) is 12.8. The van der Waals surface area contributed by atoms with Gasteiger partial charge in [-0.05, 0) is 38.3 Å². The van der Waals surface area contributed by atoms with E-state index >= 15 is 0 Å². The molecule has 0 amide bonds. The van der Waals surface area contributed by atoms with Gasteiger partial charge in [-0.3, -0.25) is 4.68 Å². The van der Waals surface area contributed by atoms with Gasteiger partial charge in [-0.25, -0.2) is 0 Å². The number of hydrogen-bond donors (Lipinski definition) is 1. The van der Waals surface area contributed by atoms with Crippen LogP contribution < -0.4 is 5.32 Å². The third kappa shape index (κ3) is 3.38. The van der Waals surface area contributed by atoms with Crippen molar-refractivity contribution in [2.24, 2.45) is 0 Å². The Labute approximate surface area is 117 Å². The highest BCUT2D eigenvalue weighted by Gasteiger charge is 2.26. The highest BCUT2D eigenvalue weighted by atomic mass is 15.3. The molecule has 0 aromatic carbocycles. The molecule has 2 rings (SSSR count). The summed E-state index contributed by atoms with van der Waals surface area (Å²) in [6.07, 6.45) is 8.77. The van der Waals surface area contributed by atoms with Crippen LogP contribution in [-0.2, 0) is 12.8 Å². The van der Waals surface area contributed by atoms with Crippen LogP contribution in [0, 0.1) is 0 Å². The van der Waals surface area contributed by atoms with E-state index < -0.39 is 0 Å². The van der Waals surface area contributed by atoms with Crippen LogP contribution in [0.25, 0.3) is 0 Å². The van der Waals surface area contributed by atoms with Crippen molar-refractivity contribution < 1.29 is 0 Å². The number of hydrogen-bond acceptors (Lipinski definition) is 2. The first-order valence-corrected chi connectivity index (χ1v) is 8.10.